The van der Waals surface area contributed by atoms with Crippen molar-refractivity contribution < 1.29 is 9.59 Å². The Bertz CT molecular complexity index is 886. The Labute approximate surface area is 145 Å². The molecule has 0 saturated carbocycles. The van der Waals surface area contributed by atoms with E-state index in [0.717, 1.165) is 17.0 Å². The molecule has 0 aliphatic rings. The number of hydrogen-bond donors (Lipinski definition) is 2. The van der Waals surface area contributed by atoms with E-state index in [1.165, 1.54) is 6.92 Å². The van der Waals surface area contributed by atoms with Crippen LogP contribution in [0.1, 0.15) is 28.7 Å². The summed E-state index contributed by atoms with van der Waals surface area (Å²) in [7, 11) is 0. The molecular weight excluding hydrogens is 318 g/mol. The van der Waals surface area contributed by atoms with Gasteiger partial charge in [-0.25, -0.2) is 0 Å². The molecule has 7 heteroatoms. The molecule has 0 bridgehead atoms. The Morgan fingerprint density at radius 1 is 1.04 bits per heavy atom. The second-order valence-corrected chi connectivity index (χ2v) is 5.66. The van der Waals surface area contributed by atoms with Crippen molar-refractivity contribution >= 4 is 17.5 Å². The van der Waals surface area contributed by atoms with Crippen LogP contribution in [0.2, 0.25) is 0 Å². The van der Waals surface area contributed by atoms with Gasteiger partial charge in [-0.2, -0.15) is 0 Å². The summed E-state index contributed by atoms with van der Waals surface area (Å²) in [5.41, 5.74) is 2.32. The third-order valence-corrected chi connectivity index (χ3v) is 3.78. The highest BCUT2D eigenvalue weighted by atomic mass is 16.2. The van der Waals surface area contributed by atoms with Crippen LogP contribution >= 0.6 is 0 Å². The number of carbonyl (C=O) groups is 2. The maximum atomic E-state index is 12.2. The zero-order chi connectivity index (χ0) is 17.6. The molecule has 25 heavy (non-hydrogen) atoms. The molecule has 3 aromatic rings. The van der Waals surface area contributed by atoms with E-state index in [1.54, 1.807) is 12.1 Å². The lowest BCUT2D eigenvalue weighted by Gasteiger charge is -2.06. The fourth-order valence-corrected chi connectivity index (χ4v) is 2.45. The lowest BCUT2D eigenvalue weighted by atomic mass is 10.1. The van der Waals surface area contributed by atoms with Crippen molar-refractivity contribution in [3.05, 3.63) is 65.6 Å². The smallest absolute Gasteiger partial charge is 0.251 e. The van der Waals surface area contributed by atoms with Crippen molar-refractivity contribution in [3.63, 3.8) is 0 Å². The van der Waals surface area contributed by atoms with Crippen LogP contribution in [0.15, 0.2) is 48.7 Å². The maximum Gasteiger partial charge on any atom is 0.251 e. The van der Waals surface area contributed by atoms with Crippen molar-refractivity contribution in [2.75, 3.05) is 6.54 Å². The summed E-state index contributed by atoms with van der Waals surface area (Å²) in [6, 6.07) is 12.9. The molecule has 0 radical (unpaired) electrons. The van der Waals surface area contributed by atoms with E-state index < -0.39 is 0 Å². The van der Waals surface area contributed by atoms with Gasteiger partial charge in [-0.3, -0.25) is 14.0 Å². The molecule has 0 aliphatic heterocycles. The largest absolute Gasteiger partial charge is 0.352 e. The van der Waals surface area contributed by atoms with Gasteiger partial charge in [0.25, 0.3) is 5.91 Å². The van der Waals surface area contributed by atoms with E-state index in [4.69, 9.17) is 0 Å². The van der Waals surface area contributed by atoms with Crippen LogP contribution in [0.25, 0.3) is 5.65 Å². The van der Waals surface area contributed by atoms with Gasteiger partial charge in [0.2, 0.25) is 5.91 Å². The number of benzene rings is 1. The van der Waals surface area contributed by atoms with E-state index in [9.17, 15) is 9.59 Å². The minimum atomic E-state index is -0.139. The SMILES string of the molecule is CC(=O)NCc1ccc(C(=O)NCCc2nnc3ccccn23)cc1. The number of nitrogens with one attached hydrogen (secondary N) is 2. The van der Waals surface area contributed by atoms with Crippen LogP contribution in [-0.4, -0.2) is 33.0 Å². The molecular formula is C18H19N5O2. The molecule has 128 valence electrons. The molecule has 0 saturated heterocycles. The first kappa shape index (κ1) is 16.6. The zero-order valence-corrected chi connectivity index (χ0v) is 13.9. The molecule has 3 rings (SSSR count). The fraction of sp³-hybridized carbons (Fsp3) is 0.222. The van der Waals surface area contributed by atoms with Gasteiger partial charge in [0, 0.05) is 38.2 Å². The van der Waals surface area contributed by atoms with E-state index in [1.807, 2.05) is 40.9 Å². The summed E-state index contributed by atoms with van der Waals surface area (Å²) in [4.78, 5) is 23.1. The van der Waals surface area contributed by atoms with E-state index in [2.05, 4.69) is 20.8 Å². The minimum absolute atomic E-state index is 0.0807. The van der Waals surface area contributed by atoms with Gasteiger partial charge in [0.15, 0.2) is 5.65 Å². The predicted molar refractivity (Wildman–Crippen MR) is 93.0 cm³/mol. The quantitative estimate of drug-likeness (QED) is 0.710. The van der Waals surface area contributed by atoms with Gasteiger partial charge in [0.05, 0.1) is 0 Å². The van der Waals surface area contributed by atoms with Gasteiger partial charge >= 0.3 is 0 Å². The van der Waals surface area contributed by atoms with Crippen LogP contribution < -0.4 is 10.6 Å². The van der Waals surface area contributed by atoms with Crippen molar-refractivity contribution in [3.8, 4) is 0 Å². The summed E-state index contributed by atoms with van der Waals surface area (Å²) in [5.74, 6) is 0.587. The van der Waals surface area contributed by atoms with Gasteiger partial charge in [-0.15, -0.1) is 10.2 Å². The molecule has 2 heterocycles. The zero-order valence-electron chi connectivity index (χ0n) is 13.9. The molecule has 2 aromatic heterocycles. The first-order valence-electron chi connectivity index (χ1n) is 8.04. The van der Waals surface area contributed by atoms with Crippen molar-refractivity contribution in [1.82, 2.24) is 25.2 Å². The molecule has 1 aromatic carbocycles. The Kier molecular flexibility index (Phi) is 5.03. The number of fused-ring (bicyclic) bond motifs is 1. The van der Waals surface area contributed by atoms with Gasteiger partial charge in [-0.1, -0.05) is 18.2 Å². The van der Waals surface area contributed by atoms with Crippen LogP contribution in [0, 0.1) is 0 Å². The average Bonchev–Trinajstić information content (AvgIpc) is 3.03. The van der Waals surface area contributed by atoms with Crippen molar-refractivity contribution in [1.29, 1.82) is 0 Å². The van der Waals surface area contributed by atoms with Crippen molar-refractivity contribution in [2.45, 2.75) is 19.9 Å². The summed E-state index contributed by atoms with van der Waals surface area (Å²) in [6.45, 7) is 2.40. The number of aromatic nitrogens is 3. The average molecular weight is 337 g/mol. The Hall–Kier alpha value is -3.22. The molecule has 2 N–H and O–H groups in total. The number of rotatable bonds is 6. The number of amides is 2. The number of carbonyl (C=O) groups excluding carboxylic acids is 2. The molecule has 0 atom stereocenters. The highest BCUT2D eigenvalue weighted by Crippen LogP contribution is 2.05. The van der Waals surface area contributed by atoms with Crippen LogP contribution in [0.5, 0.6) is 0 Å². The standard InChI is InChI=1S/C18H19N5O2/c1-13(24)20-12-14-5-7-15(8-6-14)18(25)19-10-9-17-22-21-16-4-2-3-11-23(16)17/h2-8,11H,9-10,12H2,1H3,(H,19,25)(H,20,24). The monoisotopic (exact) mass is 337 g/mol. The summed E-state index contributed by atoms with van der Waals surface area (Å²) in [5, 5.41) is 13.8. The lowest BCUT2D eigenvalue weighted by Crippen LogP contribution is -2.26. The number of nitrogens with zero attached hydrogens (tertiary/aromatic N) is 3. The van der Waals surface area contributed by atoms with Crippen LogP contribution in [0.3, 0.4) is 0 Å². The number of hydrogen-bond acceptors (Lipinski definition) is 4. The van der Waals surface area contributed by atoms with Gasteiger partial charge in [0.1, 0.15) is 5.82 Å². The molecule has 2 amide bonds. The van der Waals surface area contributed by atoms with Crippen molar-refractivity contribution in [2.24, 2.45) is 0 Å². The Morgan fingerprint density at radius 2 is 1.84 bits per heavy atom. The van der Waals surface area contributed by atoms with Gasteiger partial charge in [-0.05, 0) is 29.8 Å². The van der Waals surface area contributed by atoms with E-state index >= 15 is 0 Å². The highest BCUT2D eigenvalue weighted by Gasteiger charge is 2.08. The van der Waals surface area contributed by atoms with Gasteiger partial charge < -0.3 is 10.6 Å². The molecule has 0 aliphatic carbocycles. The fourth-order valence-electron chi connectivity index (χ4n) is 2.45. The van der Waals surface area contributed by atoms with E-state index in [0.29, 0.717) is 25.1 Å². The molecule has 0 unspecified atom stereocenters. The predicted octanol–water partition coefficient (Wildman–Crippen LogP) is 1.34. The third kappa shape index (κ3) is 4.20. The first-order chi connectivity index (χ1) is 12.1. The first-order valence-corrected chi connectivity index (χ1v) is 8.04. The maximum absolute atomic E-state index is 12.2. The normalized spacial score (nSPS) is 10.6. The van der Waals surface area contributed by atoms with Crippen LogP contribution in [0.4, 0.5) is 0 Å². The second kappa shape index (κ2) is 7.57. The minimum Gasteiger partial charge on any atom is -0.352 e. The second-order valence-electron chi connectivity index (χ2n) is 5.66. The highest BCUT2D eigenvalue weighted by molar-refractivity contribution is 5.94. The van der Waals surface area contributed by atoms with E-state index in [-0.39, 0.29) is 11.8 Å². The lowest BCUT2D eigenvalue weighted by molar-refractivity contribution is -0.119. The Balaban J connectivity index is 1.53. The third-order valence-electron chi connectivity index (χ3n) is 3.78. The summed E-state index contributed by atoms with van der Waals surface area (Å²) >= 11 is 0. The summed E-state index contributed by atoms with van der Waals surface area (Å²) in [6.07, 6.45) is 2.50. The Morgan fingerprint density at radius 3 is 2.60 bits per heavy atom. The molecule has 0 fully saturated rings. The topological polar surface area (TPSA) is 88.4 Å². The summed E-state index contributed by atoms with van der Waals surface area (Å²) < 4.78 is 1.91. The van der Waals surface area contributed by atoms with Crippen LogP contribution in [-0.2, 0) is 17.8 Å². The molecule has 0 spiro atoms. The molecule has 7 nitrogen and oxygen atoms in total. The number of pyridine rings is 1.